The van der Waals surface area contributed by atoms with Gasteiger partial charge in [-0.3, -0.25) is 4.90 Å². The highest BCUT2D eigenvalue weighted by atomic mass is 19.1. The molecule has 1 fully saturated rings. The van der Waals surface area contributed by atoms with E-state index in [0.29, 0.717) is 18.3 Å². The number of hydrogen-bond donors (Lipinski definition) is 1. The minimum Gasteiger partial charge on any atom is -0.379 e. The number of nitrogens with two attached hydrogens (primary N) is 1. The lowest BCUT2D eigenvalue weighted by molar-refractivity contribution is 0.0342. The highest BCUT2D eigenvalue weighted by Gasteiger charge is 2.20. The summed E-state index contributed by atoms with van der Waals surface area (Å²) in [7, 11) is 0. The van der Waals surface area contributed by atoms with Crippen LogP contribution in [0.5, 0.6) is 0 Å². The fourth-order valence-corrected chi connectivity index (χ4v) is 3.35. The Kier molecular flexibility index (Phi) is 5.76. The van der Waals surface area contributed by atoms with Crippen LogP contribution in [0, 0.1) is 5.82 Å². The summed E-state index contributed by atoms with van der Waals surface area (Å²) in [6, 6.07) is 14.4. The van der Waals surface area contributed by atoms with E-state index < -0.39 is 0 Å². The molecule has 0 aliphatic carbocycles. The van der Waals surface area contributed by atoms with Crippen molar-refractivity contribution in [3.8, 4) is 11.4 Å². The van der Waals surface area contributed by atoms with Crippen LogP contribution in [-0.2, 0) is 11.3 Å². The third kappa shape index (κ3) is 4.27. The molecule has 2 N–H and O–H groups in total. The van der Waals surface area contributed by atoms with E-state index in [0.717, 1.165) is 44.0 Å². The summed E-state index contributed by atoms with van der Waals surface area (Å²) in [5, 5.41) is 4.10. The zero-order valence-electron chi connectivity index (χ0n) is 15.6. The lowest BCUT2D eigenvalue weighted by Gasteiger charge is -2.26. The first-order valence-electron chi connectivity index (χ1n) is 9.41. The molecular weight excluding hydrogens is 359 g/mol. The largest absolute Gasteiger partial charge is 0.379 e. The molecule has 28 heavy (non-hydrogen) atoms. The van der Waals surface area contributed by atoms with Gasteiger partial charge in [-0.2, -0.15) is 4.98 Å². The van der Waals surface area contributed by atoms with E-state index in [1.165, 1.54) is 17.7 Å². The second-order valence-corrected chi connectivity index (χ2v) is 6.88. The Morgan fingerprint density at radius 2 is 1.75 bits per heavy atom. The fourth-order valence-electron chi connectivity index (χ4n) is 3.35. The predicted octanol–water partition coefficient (Wildman–Crippen LogP) is 2.80. The Bertz CT molecular complexity index is 890. The summed E-state index contributed by atoms with van der Waals surface area (Å²) in [5.41, 5.74) is 8.87. The first-order chi connectivity index (χ1) is 13.7. The van der Waals surface area contributed by atoms with Crippen molar-refractivity contribution >= 4 is 0 Å². The van der Waals surface area contributed by atoms with Crippen molar-refractivity contribution in [1.29, 1.82) is 0 Å². The van der Waals surface area contributed by atoms with Gasteiger partial charge in [-0.25, -0.2) is 4.39 Å². The van der Waals surface area contributed by atoms with Crippen molar-refractivity contribution in [1.82, 2.24) is 15.0 Å². The van der Waals surface area contributed by atoms with Crippen LogP contribution in [0.2, 0.25) is 0 Å². The Labute approximate surface area is 163 Å². The Morgan fingerprint density at radius 3 is 2.43 bits per heavy atom. The minimum atomic E-state index is -0.289. The monoisotopic (exact) mass is 382 g/mol. The lowest BCUT2D eigenvalue weighted by Crippen LogP contribution is -2.35. The normalized spacial score (nSPS) is 16.2. The lowest BCUT2D eigenvalue weighted by atomic mass is 9.99. The van der Waals surface area contributed by atoms with Crippen molar-refractivity contribution in [3.05, 3.63) is 71.4 Å². The van der Waals surface area contributed by atoms with E-state index in [-0.39, 0.29) is 11.7 Å². The quantitative estimate of drug-likeness (QED) is 0.706. The van der Waals surface area contributed by atoms with Crippen LogP contribution in [0.25, 0.3) is 11.4 Å². The fraction of sp³-hybridized carbons (Fsp3) is 0.333. The maximum absolute atomic E-state index is 13.2. The van der Waals surface area contributed by atoms with Gasteiger partial charge in [0, 0.05) is 31.7 Å². The molecule has 0 spiro atoms. The predicted molar refractivity (Wildman–Crippen MR) is 103 cm³/mol. The first-order valence-corrected chi connectivity index (χ1v) is 9.41. The summed E-state index contributed by atoms with van der Waals surface area (Å²) < 4.78 is 24.0. The summed E-state index contributed by atoms with van der Waals surface area (Å²) in [5.74, 6) is 0.403. The highest BCUT2D eigenvalue weighted by molar-refractivity contribution is 5.54. The minimum absolute atomic E-state index is 0.262. The molecule has 2 aromatic carbocycles. The topological polar surface area (TPSA) is 77.4 Å². The number of rotatable bonds is 6. The molecule has 7 heteroatoms. The Balaban J connectivity index is 1.47. The smallest absolute Gasteiger partial charge is 0.235 e. The van der Waals surface area contributed by atoms with E-state index in [4.69, 9.17) is 15.0 Å². The highest BCUT2D eigenvalue weighted by Crippen LogP contribution is 2.25. The SMILES string of the molecule is NCC(c1ccc(F)cc1)c1nc(-c2ccc(CN3CCOCC3)cc2)no1. The number of aromatic nitrogens is 2. The zero-order chi connectivity index (χ0) is 19.3. The van der Waals surface area contributed by atoms with Gasteiger partial charge in [-0.1, -0.05) is 41.6 Å². The second kappa shape index (κ2) is 8.60. The van der Waals surface area contributed by atoms with Gasteiger partial charge in [-0.05, 0) is 23.3 Å². The number of halogens is 1. The number of benzene rings is 2. The Morgan fingerprint density at radius 1 is 1.04 bits per heavy atom. The maximum Gasteiger partial charge on any atom is 0.235 e. The molecular formula is C21H23FN4O2. The van der Waals surface area contributed by atoms with Crippen LogP contribution in [0.4, 0.5) is 4.39 Å². The van der Waals surface area contributed by atoms with Gasteiger partial charge < -0.3 is 15.0 Å². The number of hydrogen-bond acceptors (Lipinski definition) is 6. The van der Waals surface area contributed by atoms with Crippen molar-refractivity contribution in [2.24, 2.45) is 5.73 Å². The van der Waals surface area contributed by atoms with Crippen molar-refractivity contribution in [2.45, 2.75) is 12.5 Å². The summed E-state index contributed by atoms with van der Waals surface area (Å²) >= 11 is 0. The van der Waals surface area contributed by atoms with Gasteiger partial charge >= 0.3 is 0 Å². The molecule has 0 radical (unpaired) electrons. The number of nitrogens with zero attached hydrogens (tertiary/aromatic N) is 3. The third-order valence-electron chi connectivity index (χ3n) is 4.97. The maximum atomic E-state index is 13.2. The average Bonchev–Trinajstić information content (AvgIpc) is 3.21. The molecule has 0 bridgehead atoms. The van der Waals surface area contributed by atoms with Crippen molar-refractivity contribution in [2.75, 3.05) is 32.8 Å². The Hall–Kier alpha value is -2.61. The van der Waals surface area contributed by atoms with Gasteiger partial charge in [0.05, 0.1) is 19.1 Å². The first kappa shape index (κ1) is 18.7. The molecule has 4 rings (SSSR count). The molecule has 0 saturated carbocycles. The molecule has 0 amide bonds. The van der Waals surface area contributed by atoms with E-state index in [9.17, 15) is 4.39 Å². The van der Waals surface area contributed by atoms with E-state index in [1.54, 1.807) is 12.1 Å². The molecule has 2 heterocycles. The molecule has 146 valence electrons. The van der Waals surface area contributed by atoms with E-state index in [1.807, 2.05) is 12.1 Å². The standard InChI is InChI=1S/C21H23FN4O2/c22-18-7-5-16(6-8-18)19(13-23)21-24-20(25-28-21)17-3-1-15(2-4-17)14-26-9-11-27-12-10-26/h1-8,19H,9-14,23H2. The van der Waals surface area contributed by atoms with E-state index in [2.05, 4.69) is 27.2 Å². The van der Waals surface area contributed by atoms with Crippen LogP contribution in [0.1, 0.15) is 22.9 Å². The molecule has 6 nitrogen and oxygen atoms in total. The van der Waals surface area contributed by atoms with Crippen LogP contribution >= 0.6 is 0 Å². The zero-order valence-corrected chi connectivity index (χ0v) is 15.6. The molecule has 1 atom stereocenters. The van der Waals surface area contributed by atoms with E-state index >= 15 is 0 Å². The van der Waals surface area contributed by atoms with Gasteiger partial charge in [0.15, 0.2) is 0 Å². The summed E-state index contributed by atoms with van der Waals surface area (Å²) in [6.07, 6.45) is 0. The molecule has 1 aliphatic rings. The molecule has 1 unspecified atom stereocenters. The van der Waals surface area contributed by atoms with Crippen LogP contribution in [0.15, 0.2) is 53.1 Å². The second-order valence-electron chi connectivity index (χ2n) is 6.88. The average molecular weight is 382 g/mol. The van der Waals surface area contributed by atoms with Gasteiger partial charge in [0.2, 0.25) is 11.7 Å². The van der Waals surface area contributed by atoms with Crippen molar-refractivity contribution < 1.29 is 13.7 Å². The van der Waals surface area contributed by atoms with Crippen LogP contribution in [-0.4, -0.2) is 47.9 Å². The molecule has 1 aromatic heterocycles. The summed E-state index contributed by atoms with van der Waals surface area (Å²) in [6.45, 7) is 4.70. The molecule has 3 aromatic rings. The summed E-state index contributed by atoms with van der Waals surface area (Å²) in [4.78, 5) is 6.89. The molecule has 1 aliphatic heterocycles. The number of ether oxygens (including phenoxy) is 1. The van der Waals surface area contributed by atoms with Gasteiger partial charge in [0.1, 0.15) is 5.82 Å². The number of morpholine rings is 1. The van der Waals surface area contributed by atoms with Gasteiger partial charge in [0.25, 0.3) is 0 Å². The molecule has 1 saturated heterocycles. The van der Waals surface area contributed by atoms with Gasteiger partial charge in [-0.15, -0.1) is 0 Å². The van der Waals surface area contributed by atoms with Crippen molar-refractivity contribution in [3.63, 3.8) is 0 Å². The third-order valence-corrected chi connectivity index (χ3v) is 4.97. The van der Waals surface area contributed by atoms with Crippen LogP contribution in [0.3, 0.4) is 0 Å². The van der Waals surface area contributed by atoms with Crippen LogP contribution < -0.4 is 5.73 Å².